The van der Waals surface area contributed by atoms with E-state index in [9.17, 15) is 15.0 Å². The minimum absolute atomic E-state index is 0.0525. The normalized spacial score (nSPS) is 26.1. The van der Waals surface area contributed by atoms with Crippen molar-refractivity contribution in [3.05, 3.63) is 48.7 Å². The van der Waals surface area contributed by atoms with Gasteiger partial charge >= 0.3 is 0 Å². The lowest BCUT2D eigenvalue weighted by Crippen LogP contribution is -2.43. The third kappa shape index (κ3) is 4.51. The van der Waals surface area contributed by atoms with Crippen LogP contribution >= 0.6 is 0 Å². The molecule has 2 saturated carbocycles. The van der Waals surface area contributed by atoms with E-state index in [1.165, 1.54) is 54.8 Å². The zero-order valence-electron chi connectivity index (χ0n) is 22.5. The summed E-state index contributed by atoms with van der Waals surface area (Å²) in [6.07, 6.45) is 8.12. The number of rotatable bonds is 8. The number of para-hydroxylation sites is 1. The number of ether oxygens (including phenoxy) is 1. The van der Waals surface area contributed by atoms with E-state index in [0.29, 0.717) is 23.0 Å². The van der Waals surface area contributed by atoms with Crippen molar-refractivity contribution in [2.75, 3.05) is 5.32 Å². The van der Waals surface area contributed by atoms with Gasteiger partial charge in [0.1, 0.15) is 18.5 Å². The molecular formula is C29H35N7O4. The Kier molecular flexibility index (Phi) is 6.44. The van der Waals surface area contributed by atoms with Gasteiger partial charge in [0.15, 0.2) is 29.3 Å². The number of anilines is 1. The standard InChI is InChI=1S/C29H35N7O4/c1-16(12-17-13-35(19-6-2-3-7-19)21-9-5-4-8-20(17)21)33-26-22-27(31-14-30-26)36(15-32-22)29-24(38)23(37)25(40-29)28(39)34-18-10-11-18/h4-5,8-9,13-16,18-19,23-25,29,37-38H,2-3,6-7,10-12H2,1H3,(H,34,39)(H,30,31,33)/t16?,23-,24+,25-,29?/m0/s1. The van der Waals surface area contributed by atoms with Crippen LogP contribution in [0.15, 0.2) is 43.1 Å². The molecule has 11 heteroatoms. The van der Waals surface area contributed by atoms with E-state index in [1.54, 1.807) is 4.57 Å². The maximum Gasteiger partial charge on any atom is 0.252 e. The summed E-state index contributed by atoms with van der Waals surface area (Å²) in [6.45, 7) is 2.12. The fourth-order valence-corrected chi connectivity index (χ4v) is 6.30. The van der Waals surface area contributed by atoms with E-state index in [-0.39, 0.29) is 12.1 Å². The van der Waals surface area contributed by atoms with Crippen molar-refractivity contribution in [1.29, 1.82) is 0 Å². The highest BCUT2D eigenvalue weighted by molar-refractivity contribution is 5.85. The Balaban J connectivity index is 1.11. The van der Waals surface area contributed by atoms with Crippen LogP contribution in [0.5, 0.6) is 0 Å². The van der Waals surface area contributed by atoms with Crippen LogP contribution in [0.25, 0.3) is 22.1 Å². The molecule has 3 fully saturated rings. The molecule has 1 aromatic carbocycles. The van der Waals surface area contributed by atoms with Crippen LogP contribution in [0.1, 0.15) is 63.3 Å². The van der Waals surface area contributed by atoms with Crippen molar-refractivity contribution < 1.29 is 19.7 Å². The van der Waals surface area contributed by atoms with Crippen molar-refractivity contribution in [2.45, 2.75) is 94.5 Å². The fraction of sp³-hybridized carbons (Fsp3) is 0.517. The molecule has 4 N–H and O–H groups in total. The second kappa shape index (κ2) is 10.1. The molecule has 2 unspecified atom stereocenters. The lowest BCUT2D eigenvalue weighted by molar-refractivity contribution is -0.137. The van der Waals surface area contributed by atoms with Crippen molar-refractivity contribution in [3.63, 3.8) is 0 Å². The number of carbonyl (C=O) groups is 1. The number of fused-ring (bicyclic) bond motifs is 2. The molecule has 11 nitrogen and oxygen atoms in total. The van der Waals surface area contributed by atoms with Gasteiger partial charge in [0.05, 0.1) is 6.33 Å². The van der Waals surface area contributed by atoms with Gasteiger partial charge in [-0.25, -0.2) is 15.0 Å². The third-order valence-electron chi connectivity index (χ3n) is 8.50. The molecule has 2 aliphatic carbocycles. The first-order valence-corrected chi connectivity index (χ1v) is 14.3. The summed E-state index contributed by atoms with van der Waals surface area (Å²) in [5.74, 6) is 0.160. The van der Waals surface area contributed by atoms with Crippen LogP contribution < -0.4 is 10.6 Å². The minimum Gasteiger partial charge on any atom is -0.387 e. The third-order valence-corrected chi connectivity index (χ3v) is 8.50. The largest absolute Gasteiger partial charge is 0.387 e. The number of hydrogen-bond acceptors (Lipinski definition) is 8. The summed E-state index contributed by atoms with van der Waals surface area (Å²) in [5.41, 5.74) is 3.56. The Morgan fingerprint density at radius 2 is 1.88 bits per heavy atom. The number of aliphatic hydroxyl groups excluding tert-OH is 2. The summed E-state index contributed by atoms with van der Waals surface area (Å²) in [7, 11) is 0. The number of aliphatic hydroxyl groups is 2. The highest BCUT2D eigenvalue weighted by Gasteiger charge is 2.48. The molecule has 0 spiro atoms. The number of imidazole rings is 1. The van der Waals surface area contributed by atoms with Crippen molar-refractivity contribution in [2.24, 2.45) is 0 Å². The number of amides is 1. The van der Waals surface area contributed by atoms with Gasteiger partial charge in [-0.3, -0.25) is 9.36 Å². The van der Waals surface area contributed by atoms with Crippen molar-refractivity contribution >= 4 is 33.8 Å². The highest BCUT2D eigenvalue weighted by Crippen LogP contribution is 2.36. The number of benzene rings is 1. The van der Waals surface area contributed by atoms with Gasteiger partial charge in [-0.15, -0.1) is 0 Å². The van der Waals surface area contributed by atoms with E-state index >= 15 is 0 Å². The van der Waals surface area contributed by atoms with Crippen LogP contribution in [-0.4, -0.2) is 70.6 Å². The Morgan fingerprint density at radius 3 is 2.67 bits per heavy atom. The Bertz CT molecular complexity index is 1540. The number of nitrogens with one attached hydrogen (secondary N) is 2. The molecule has 3 aromatic heterocycles. The molecule has 5 atom stereocenters. The van der Waals surface area contributed by atoms with E-state index in [1.807, 2.05) is 0 Å². The Hall–Kier alpha value is -3.54. The average molecular weight is 546 g/mol. The van der Waals surface area contributed by atoms with Gasteiger partial charge in [0, 0.05) is 35.2 Å². The summed E-state index contributed by atoms with van der Waals surface area (Å²) >= 11 is 0. The quantitative estimate of drug-likeness (QED) is 0.265. The van der Waals surface area contributed by atoms with Gasteiger partial charge in [-0.1, -0.05) is 31.0 Å². The summed E-state index contributed by atoms with van der Waals surface area (Å²) < 4.78 is 9.86. The minimum atomic E-state index is -1.35. The maximum absolute atomic E-state index is 12.5. The summed E-state index contributed by atoms with van der Waals surface area (Å²) in [6, 6.07) is 9.37. The van der Waals surface area contributed by atoms with Crippen LogP contribution in [-0.2, 0) is 16.0 Å². The predicted molar refractivity (Wildman–Crippen MR) is 149 cm³/mol. The van der Waals surface area contributed by atoms with Crippen molar-refractivity contribution in [1.82, 2.24) is 29.4 Å². The van der Waals surface area contributed by atoms with E-state index in [2.05, 4.69) is 67.5 Å². The number of aromatic nitrogens is 5. The molecule has 1 amide bonds. The first-order chi connectivity index (χ1) is 19.5. The SMILES string of the molecule is CC(Cc1cn(C2CCCC2)c2ccccc12)Nc1ncnc2c1ncn2C1O[C@H](C(=O)NC2CC2)[C@@H](O)[C@H]1O. The van der Waals surface area contributed by atoms with E-state index in [4.69, 9.17) is 4.74 Å². The smallest absolute Gasteiger partial charge is 0.252 e. The van der Waals surface area contributed by atoms with Crippen LogP contribution in [0.2, 0.25) is 0 Å². The van der Waals surface area contributed by atoms with Gasteiger partial charge in [0.25, 0.3) is 5.91 Å². The molecule has 40 heavy (non-hydrogen) atoms. The first kappa shape index (κ1) is 25.4. The first-order valence-electron chi connectivity index (χ1n) is 14.3. The number of carbonyl (C=O) groups excluding carboxylic acids is 1. The van der Waals surface area contributed by atoms with Crippen molar-refractivity contribution in [3.8, 4) is 0 Å². The zero-order chi connectivity index (χ0) is 27.4. The maximum atomic E-state index is 12.5. The van der Waals surface area contributed by atoms with E-state index < -0.39 is 30.4 Å². The molecule has 0 radical (unpaired) electrons. The molecule has 3 aliphatic rings. The lowest BCUT2D eigenvalue weighted by atomic mass is 10.1. The molecule has 4 heterocycles. The van der Waals surface area contributed by atoms with Crippen LogP contribution in [0, 0.1) is 0 Å². The molecule has 210 valence electrons. The second-order valence-electron chi connectivity index (χ2n) is 11.5. The fourth-order valence-electron chi connectivity index (χ4n) is 6.30. The molecule has 1 aliphatic heterocycles. The van der Waals surface area contributed by atoms with E-state index in [0.717, 1.165) is 19.3 Å². The van der Waals surface area contributed by atoms with Gasteiger partial charge in [0.2, 0.25) is 0 Å². The average Bonchev–Trinajstić information content (AvgIpc) is 3.31. The molecule has 7 rings (SSSR count). The Morgan fingerprint density at radius 1 is 1.07 bits per heavy atom. The highest BCUT2D eigenvalue weighted by atomic mass is 16.6. The predicted octanol–water partition coefficient (Wildman–Crippen LogP) is 2.84. The van der Waals surface area contributed by atoms with Gasteiger partial charge < -0.3 is 30.2 Å². The molecular weight excluding hydrogens is 510 g/mol. The van der Waals surface area contributed by atoms with Crippen LogP contribution in [0.4, 0.5) is 5.82 Å². The molecule has 1 saturated heterocycles. The number of hydrogen-bond donors (Lipinski definition) is 4. The monoisotopic (exact) mass is 545 g/mol. The molecule has 0 bridgehead atoms. The van der Waals surface area contributed by atoms with Crippen LogP contribution in [0.3, 0.4) is 0 Å². The number of nitrogens with zero attached hydrogens (tertiary/aromatic N) is 5. The molecule has 4 aromatic rings. The second-order valence-corrected chi connectivity index (χ2v) is 11.5. The Labute approximate surface area is 231 Å². The van der Waals surface area contributed by atoms with Gasteiger partial charge in [-0.05, 0) is 50.7 Å². The summed E-state index contributed by atoms with van der Waals surface area (Å²) in [5, 5.41) is 28.9. The lowest BCUT2D eigenvalue weighted by Gasteiger charge is -2.17. The zero-order valence-corrected chi connectivity index (χ0v) is 22.5. The summed E-state index contributed by atoms with van der Waals surface area (Å²) in [4.78, 5) is 25.9. The topological polar surface area (TPSA) is 139 Å². The van der Waals surface area contributed by atoms with Gasteiger partial charge in [-0.2, -0.15) is 0 Å².